The SMILES string of the molecule is CCC(C)OC(=O)C(Cc1cnc(N(C(=O)OC(C)(C)C)C(=O)OC(C)(C)C)cc1C)C(=O)O. The van der Waals surface area contributed by atoms with Crippen LogP contribution in [-0.2, 0) is 30.2 Å². The summed E-state index contributed by atoms with van der Waals surface area (Å²) in [7, 11) is 0. The van der Waals surface area contributed by atoms with Crippen LogP contribution in [0.4, 0.5) is 15.4 Å². The van der Waals surface area contributed by atoms with Gasteiger partial charge in [-0.25, -0.2) is 14.6 Å². The van der Waals surface area contributed by atoms with Crippen molar-refractivity contribution in [3.8, 4) is 0 Å². The number of aromatic nitrogens is 1. The predicted octanol–water partition coefficient (Wildman–Crippen LogP) is 4.65. The Labute approximate surface area is 200 Å². The summed E-state index contributed by atoms with van der Waals surface area (Å²) in [6, 6.07) is 1.43. The van der Waals surface area contributed by atoms with Gasteiger partial charge in [-0.05, 0) is 85.4 Å². The first-order valence-electron chi connectivity index (χ1n) is 11.1. The Morgan fingerprint density at radius 2 is 1.53 bits per heavy atom. The average molecular weight is 481 g/mol. The van der Waals surface area contributed by atoms with E-state index in [1.54, 1.807) is 55.4 Å². The second kappa shape index (κ2) is 11.3. The highest BCUT2D eigenvalue weighted by atomic mass is 16.6. The molecule has 1 N–H and O–H groups in total. The fourth-order valence-corrected chi connectivity index (χ4v) is 2.64. The number of pyridine rings is 1. The molecule has 10 heteroatoms. The number of ether oxygens (including phenoxy) is 3. The molecule has 1 rings (SSSR count). The number of amides is 2. The molecule has 0 bridgehead atoms. The van der Waals surface area contributed by atoms with Gasteiger partial charge in [0.15, 0.2) is 5.92 Å². The predicted molar refractivity (Wildman–Crippen MR) is 125 cm³/mol. The molecule has 2 amide bonds. The second-order valence-corrected chi connectivity index (χ2v) is 10.0. The number of carboxylic acids is 1. The van der Waals surface area contributed by atoms with Crippen LogP contribution in [0, 0.1) is 12.8 Å². The van der Waals surface area contributed by atoms with Crippen molar-refractivity contribution in [1.82, 2.24) is 4.98 Å². The minimum Gasteiger partial charge on any atom is -0.481 e. The zero-order valence-corrected chi connectivity index (χ0v) is 21.4. The molecule has 2 unspecified atom stereocenters. The number of carboxylic acid groups (broad SMARTS) is 1. The third kappa shape index (κ3) is 8.99. The van der Waals surface area contributed by atoms with Crippen molar-refractivity contribution in [3.05, 3.63) is 23.4 Å². The van der Waals surface area contributed by atoms with Gasteiger partial charge in [0.1, 0.15) is 17.0 Å². The van der Waals surface area contributed by atoms with E-state index in [1.807, 2.05) is 6.92 Å². The minimum absolute atomic E-state index is 0.0567. The third-order valence-electron chi connectivity index (χ3n) is 4.48. The molecule has 1 heterocycles. The molecule has 0 aromatic carbocycles. The molecule has 0 fully saturated rings. The van der Waals surface area contributed by atoms with E-state index in [2.05, 4.69) is 4.98 Å². The van der Waals surface area contributed by atoms with Crippen LogP contribution in [0.1, 0.15) is 72.9 Å². The highest BCUT2D eigenvalue weighted by Crippen LogP contribution is 2.24. The maximum Gasteiger partial charge on any atom is 0.425 e. The molecule has 0 saturated heterocycles. The summed E-state index contributed by atoms with van der Waals surface area (Å²) in [5, 5.41) is 9.53. The van der Waals surface area contributed by atoms with Crippen molar-refractivity contribution in [3.63, 3.8) is 0 Å². The van der Waals surface area contributed by atoms with Crippen molar-refractivity contribution >= 4 is 29.9 Å². The number of rotatable bonds is 7. The number of carbonyl (C=O) groups is 4. The molecular formula is C24H36N2O8. The van der Waals surface area contributed by atoms with Gasteiger partial charge in [0.05, 0.1) is 6.10 Å². The molecule has 1 aromatic rings. The lowest BCUT2D eigenvalue weighted by molar-refractivity contribution is -0.161. The number of aliphatic carboxylic acids is 1. The normalized spacial score (nSPS) is 13.4. The number of aryl methyl sites for hydroxylation is 1. The molecule has 0 spiro atoms. The average Bonchev–Trinajstić information content (AvgIpc) is 2.63. The molecule has 0 aliphatic heterocycles. The van der Waals surface area contributed by atoms with Crippen LogP contribution < -0.4 is 4.90 Å². The van der Waals surface area contributed by atoms with Gasteiger partial charge in [-0.15, -0.1) is 0 Å². The first kappa shape index (κ1) is 28.9. The zero-order chi connectivity index (χ0) is 26.4. The highest BCUT2D eigenvalue weighted by Gasteiger charge is 2.34. The van der Waals surface area contributed by atoms with Crippen LogP contribution in [0.15, 0.2) is 12.3 Å². The summed E-state index contributed by atoms with van der Waals surface area (Å²) in [5.74, 6) is -3.64. The van der Waals surface area contributed by atoms with E-state index in [1.165, 1.54) is 12.3 Å². The first-order chi connectivity index (χ1) is 15.4. The van der Waals surface area contributed by atoms with Gasteiger partial charge < -0.3 is 19.3 Å². The fourth-order valence-electron chi connectivity index (χ4n) is 2.64. The third-order valence-corrected chi connectivity index (χ3v) is 4.48. The zero-order valence-electron chi connectivity index (χ0n) is 21.4. The Morgan fingerprint density at radius 3 is 1.91 bits per heavy atom. The van der Waals surface area contributed by atoms with E-state index in [0.29, 0.717) is 22.4 Å². The number of esters is 1. The van der Waals surface area contributed by atoms with Crippen molar-refractivity contribution in [1.29, 1.82) is 0 Å². The Bertz CT molecular complexity index is 887. The largest absolute Gasteiger partial charge is 0.481 e. The second-order valence-electron chi connectivity index (χ2n) is 10.0. The number of nitrogens with zero attached hydrogens (tertiary/aromatic N) is 2. The van der Waals surface area contributed by atoms with Gasteiger partial charge in [-0.1, -0.05) is 6.92 Å². The standard InChI is InChI=1S/C24H36N2O8/c1-10-15(3)32-20(29)17(19(27)28)12-16-13-25-18(11-14(16)2)26(21(30)33-23(4,5)6)22(31)34-24(7,8)9/h11,13,15,17H,10,12H2,1-9H3,(H,27,28). The lowest BCUT2D eigenvalue weighted by Crippen LogP contribution is -2.44. The van der Waals surface area contributed by atoms with Gasteiger partial charge >= 0.3 is 24.1 Å². The van der Waals surface area contributed by atoms with Crippen molar-refractivity contribution < 1.29 is 38.5 Å². The molecule has 0 aliphatic rings. The van der Waals surface area contributed by atoms with E-state index in [-0.39, 0.29) is 12.2 Å². The van der Waals surface area contributed by atoms with E-state index in [0.717, 1.165) is 0 Å². The minimum atomic E-state index is -1.42. The van der Waals surface area contributed by atoms with E-state index in [4.69, 9.17) is 14.2 Å². The van der Waals surface area contributed by atoms with Crippen LogP contribution in [0.3, 0.4) is 0 Å². The summed E-state index contributed by atoms with van der Waals surface area (Å²) < 4.78 is 15.9. The maximum absolute atomic E-state index is 12.8. The number of imide groups is 1. The van der Waals surface area contributed by atoms with Gasteiger partial charge in [-0.3, -0.25) is 9.59 Å². The van der Waals surface area contributed by atoms with E-state index in [9.17, 15) is 24.3 Å². The molecule has 0 aliphatic carbocycles. The molecule has 10 nitrogen and oxygen atoms in total. The highest BCUT2D eigenvalue weighted by molar-refractivity contribution is 6.08. The summed E-state index contributed by atoms with van der Waals surface area (Å²) in [6.45, 7) is 15.1. The smallest absolute Gasteiger partial charge is 0.425 e. The van der Waals surface area contributed by atoms with E-state index >= 15 is 0 Å². The van der Waals surface area contributed by atoms with Gasteiger partial charge in [0.25, 0.3) is 0 Å². The van der Waals surface area contributed by atoms with Crippen molar-refractivity contribution in [2.45, 2.75) is 92.5 Å². The Balaban J connectivity index is 3.29. The van der Waals surface area contributed by atoms with Gasteiger partial charge in [0, 0.05) is 6.20 Å². The molecule has 34 heavy (non-hydrogen) atoms. The number of hydrogen-bond donors (Lipinski definition) is 1. The maximum atomic E-state index is 12.8. The Morgan fingerprint density at radius 1 is 1.03 bits per heavy atom. The summed E-state index contributed by atoms with van der Waals surface area (Å²) in [5.41, 5.74) is -0.788. The van der Waals surface area contributed by atoms with Gasteiger partial charge in [0.2, 0.25) is 0 Å². The lowest BCUT2D eigenvalue weighted by atomic mass is 9.97. The molecular weight excluding hydrogens is 444 g/mol. The Kier molecular flexibility index (Phi) is 9.60. The van der Waals surface area contributed by atoms with Crippen molar-refractivity contribution in [2.75, 3.05) is 4.90 Å². The van der Waals surface area contributed by atoms with Crippen LogP contribution in [-0.4, -0.2) is 51.5 Å². The lowest BCUT2D eigenvalue weighted by Gasteiger charge is -2.28. The summed E-state index contributed by atoms with van der Waals surface area (Å²) in [4.78, 5) is 54.5. The van der Waals surface area contributed by atoms with Crippen LogP contribution in [0.25, 0.3) is 0 Å². The Hall–Kier alpha value is -3.17. The van der Waals surface area contributed by atoms with Gasteiger partial charge in [-0.2, -0.15) is 4.90 Å². The van der Waals surface area contributed by atoms with E-state index < -0.39 is 47.3 Å². The number of anilines is 1. The van der Waals surface area contributed by atoms with Crippen molar-refractivity contribution in [2.24, 2.45) is 5.92 Å². The summed E-state index contributed by atoms with van der Waals surface area (Å²) >= 11 is 0. The number of carbonyl (C=O) groups excluding carboxylic acids is 3. The monoisotopic (exact) mass is 480 g/mol. The molecule has 190 valence electrons. The molecule has 0 radical (unpaired) electrons. The molecule has 2 atom stereocenters. The van der Waals surface area contributed by atoms with Crippen LogP contribution in [0.5, 0.6) is 0 Å². The fraction of sp³-hybridized carbons (Fsp3) is 0.625. The quantitative estimate of drug-likeness (QED) is 0.336. The number of hydrogen-bond acceptors (Lipinski definition) is 8. The topological polar surface area (TPSA) is 132 Å². The first-order valence-corrected chi connectivity index (χ1v) is 11.1. The summed E-state index contributed by atoms with van der Waals surface area (Å²) in [6.07, 6.45) is -0.643. The van der Waals surface area contributed by atoms with Crippen LogP contribution >= 0.6 is 0 Å². The molecule has 1 aromatic heterocycles. The molecule has 0 saturated carbocycles. The van der Waals surface area contributed by atoms with Crippen LogP contribution in [0.2, 0.25) is 0 Å².